The van der Waals surface area contributed by atoms with Crippen LogP contribution in [0.25, 0.3) is 16.6 Å². The fourth-order valence-corrected chi connectivity index (χ4v) is 2.35. The maximum Gasteiger partial charge on any atom is 0.152 e. The molecular formula is C14H9BrN2O. The molecule has 0 radical (unpaired) electrons. The summed E-state index contributed by atoms with van der Waals surface area (Å²) in [6, 6.07) is 13.4. The van der Waals surface area contributed by atoms with Crippen molar-refractivity contribution in [2.45, 2.75) is 0 Å². The molecule has 3 rings (SSSR count). The van der Waals surface area contributed by atoms with E-state index >= 15 is 0 Å². The molecule has 0 spiro atoms. The minimum atomic E-state index is 0.630. The highest BCUT2D eigenvalue weighted by Crippen LogP contribution is 2.23. The predicted octanol–water partition coefficient (Wildman–Crippen LogP) is 3.60. The van der Waals surface area contributed by atoms with Crippen LogP contribution in [-0.4, -0.2) is 16.1 Å². The number of halogens is 1. The molecular weight excluding hydrogens is 292 g/mol. The number of benzene rings is 2. The minimum absolute atomic E-state index is 0.630. The fourth-order valence-electron chi connectivity index (χ4n) is 1.98. The van der Waals surface area contributed by atoms with Crippen molar-refractivity contribution in [1.29, 1.82) is 0 Å². The molecule has 2 aromatic carbocycles. The summed E-state index contributed by atoms with van der Waals surface area (Å²) in [6.07, 6.45) is 2.64. The number of hydrogen-bond donors (Lipinski definition) is 0. The van der Waals surface area contributed by atoms with Crippen LogP contribution in [-0.2, 0) is 0 Å². The standard InChI is InChI=1S/C14H9BrN2O/c15-12-5-6-14-11(7-12)8-16-17(14)13-4-2-1-3-10(13)9-18/h1-9H. The zero-order chi connectivity index (χ0) is 12.5. The third kappa shape index (κ3) is 1.75. The Morgan fingerprint density at radius 3 is 2.83 bits per heavy atom. The van der Waals surface area contributed by atoms with Crippen molar-refractivity contribution in [2.24, 2.45) is 0 Å². The van der Waals surface area contributed by atoms with Crippen LogP contribution in [0.1, 0.15) is 10.4 Å². The first kappa shape index (κ1) is 11.2. The molecule has 0 atom stereocenters. The molecule has 88 valence electrons. The quantitative estimate of drug-likeness (QED) is 0.678. The van der Waals surface area contributed by atoms with Gasteiger partial charge in [0.05, 0.1) is 17.4 Å². The van der Waals surface area contributed by atoms with Crippen molar-refractivity contribution >= 4 is 33.1 Å². The molecule has 0 aliphatic heterocycles. The van der Waals surface area contributed by atoms with Crippen molar-refractivity contribution in [2.75, 3.05) is 0 Å². The normalized spacial score (nSPS) is 10.7. The first-order valence-electron chi connectivity index (χ1n) is 5.47. The Kier molecular flexibility index (Phi) is 2.72. The van der Waals surface area contributed by atoms with Gasteiger partial charge in [0.1, 0.15) is 0 Å². The van der Waals surface area contributed by atoms with Gasteiger partial charge in [-0.05, 0) is 30.3 Å². The second-order valence-electron chi connectivity index (χ2n) is 3.94. The number of para-hydroxylation sites is 1. The predicted molar refractivity (Wildman–Crippen MR) is 74.2 cm³/mol. The zero-order valence-electron chi connectivity index (χ0n) is 9.38. The molecule has 0 bridgehead atoms. The third-order valence-corrected chi connectivity index (χ3v) is 3.32. The summed E-state index contributed by atoms with van der Waals surface area (Å²) in [5, 5.41) is 5.38. The summed E-state index contributed by atoms with van der Waals surface area (Å²) in [7, 11) is 0. The highest BCUT2D eigenvalue weighted by Gasteiger charge is 2.08. The van der Waals surface area contributed by atoms with Crippen LogP contribution in [0, 0.1) is 0 Å². The maximum atomic E-state index is 11.1. The lowest BCUT2D eigenvalue weighted by Gasteiger charge is -2.06. The molecule has 0 saturated heterocycles. The fraction of sp³-hybridized carbons (Fsp3) is 0. The van der Waals surface area contributed by atoms with Gasteiger partial charge in [-0.3, -0.25) is 4.79 Å². The van der Waals surface area contributed by atoms with Crippen LogP contribution >= 0.6 is 15.9 Å². The van der Waals surface area contributed by atoms with E-state index in [2.05, 4.69) is 21.0 Å². The van der Waals surface area contributed by atoms with E-state index in [0.717, 1.165) is 27.3 Å². The topological polar surface area (TPSA) is 34.9 Å². The number of hydrogen-bond acceptors (Lipinski definition) is 2. The summed E-state index contributed by atoms with van der Waals surface area (Å²) in [4.78, 5) is 11.1. The van der Waals surface area contributed by atoms with Crippen LogP contribution in [0.5, 0.6) is 0 Å². The number of nitrogens with zero attached hydrogens (tertiary/aromatic N) is 2. The first-order chi connectivity index (χ1) is 8.79. The zero-order valence-corrected chi connectivity index (χ0v) is 11.0. The van der Waals surface area contributed by atoms with Crippen LogP contribution < -0.4 is 0 Å². The van der Waals surface area contributed by atoms with Gasteiger partial charge in [0, 0.05) is 15.4 Å². The van der Waals surface area contributed by atoms with Crippen LogP contribution in [0.3, 0.4) is 0 Å². The number of fused-ring (bicyclic) bond motifs is 1. The molecule has 3 nitrogen and oxygen atoms in total. The van der Waals surface area contributed by atoms with Gasteiger partial charge in [-0.1, -0.05) is 28.1 Å². The second kappa shape index (κ2) is 4.38. The summed E-state index contributed by atoms with van der Waals surface area (Å²) < 4.78 is 2.80. The molecule has 0 N–H and O–H groups in total. The second-order valence-corrected chi connectivity index (χ2v) is 4.85. The smallest absolute Gasteiger partial charge is 0.152 e. The summed E-state index contributed by atoms with van der Waals surface area (Å²) in [5.74, 6) is 0. The third-order valence-electron chi connectivity index (χ3n) is 2.82. The molecule has 4 heteroatoms. The van der Waals surface area contributed by atoms with Crippen LogP contribution in [0.15, 0.2) is 53.1 Å². The number of carbonyl (C=O) groups excluding carboxylic acids is 1. The lowest BCUT2D eigenvalue weighted by Crippen LogP contribution is -2.00. The first-order valence-corrected chi connectivity index (χ1v) is 6.27. The Morgan fingerprint density at radius 2 is 2.00 bits per heavy atom. The Balaban J connectivity index is 2.29. The molecule has 0 fully saturated rings. The number of aldehydes is 1. The molecule has 0 aliphatic carbocycles. The lowest BCUT2D eigenvalue weighted by atomic mass is 10.2. The largest absolute Gasteiger partial charge is 0.298 e. The van der Waals surface area contributed by atoms with Gasteiger partial charge >= 0.3 is 0 Å². The van der Waals surface area contributed by atoms with Crippen molar-refractivity contribution in [3.63, 3.8) is 0 Å². The van der Waals surface area contributed by atoms with Gasteiger partial charge in [-0.25, -0.2) is 4.68 Å². The number of aromatic nitrogens is 2. The Morgan fingerprint density at radius 1 is 1.17 bits per heavy atom. The number of carbonyl (C=O) groups is 1. The average Bonchev–Trinajstić information content (AvgIpc) is 2.81. The maximum absolute atomic E-state index is 11.1. The Labute approximate surface area is 112 Å². The van der Waals surface area contributed by atoms with Gasteiger partial charge in [0.2, 0.25) is 0 Å². The van der Waals surface area contributed by atoms with E-state index in [4.69, 9.17) is 0 Å². The summed E-state index contributed by atoms with van der Waals surface area (Å²) in [6.45, 7) is 0. The Bertz CT molecular complexity index is 733. The van der Waals surface area contributed by atoms with E-state index in [0.29, 0.717) is 5.56 Å². The van der Waals surface area contributed by atoms with Gasteiger partial charge in [-0.15, -0.1) is 0 Å². The molecule has 0 aliphatic rings. The molecule has 1 heterocycles. The molecule has 0 unspecified atom stereocenters. The van der Waals surface area contributed by atoms with Gasteiger partial charge < -0.3 is 0 Å². The monoisotopic (exact) mass is 300 g/mol. The molecule has 0 saturated carbocycles. The molecule has 18 heavy (non-hydrogen) atoms. The molecule has 1 aromatic heterocycles. The van der Waals surface area contributed by atoms with Crippen LogP contribution in [0.4, 0.5) is 0 Å². The van der Waals surface area contributed by atoms with Gasteiger partial charge in [0.15, 0.2) is 6.29 Å². The summed E-state index contributed by atoms with van der Waals surface area (Å²) in [5.41, 5.74) is 2.41. The van der Waals surface area contributed by atoms with Gasteiger partial charge in [0.25, 0.3) is 0 Å². The highest BCUT2D eigenvalue weighted by molar-refractivity contribution is 9.10. The average molecular weight is 301 g/mol. The Hall–Kier alpha value is -1.94. The number of rotatable bonds is 2. The van der Waals surface area contributed by atoms with Crippen molar-refractivity contribution in [1.82, 2.24) is 9.78 Å². The van der Waals surface area contributed by atoms with Crippen LogP contribution in [0.2, 0.25) is 0 Å². The van der Waals surface area contributed by atoms with E-state index in [1.807, 2.05) is 36.4 Å². The van der Waals surface area contributed by atoms with E-state index in [9.17, 15) is 4.79 Å². The minimum Gasteiger partial charge on any atom is -0.298 e. The molecule has 0 amide bonds. The highest BCUT2D eigenvalue weighted by atomic mass is 79.9. The van der Waals surface area contributed by atoms with Crippen molar-refractivity contribution in [3.8, 4) is 5.69 Å². The van der Waals surface area contributed by atoms with Crippen molar-refractivity contribution in [3.05, 3.63) is 58.7 Å². The van der Waals surface area contributed by atoms with E-state index in [1.165, 1.54) is 0 Å². The summed E-state index contributed by atoms with van der Waals surface area (Å²) >= 11 is 3.43. The van der Waals surface area contributed by atoms with Crippen molar-refractivity contribution < 1.29 is 4.79 Å². The van der Waals surface area contributed by atoms with E-state index < -0.39 is 0 Å². The SMILES string of the molecule is O=Cc1ccccc1-n1ncc2cc(Br)ccc21. The lowest BCUT2D eigenvalue weighted by molar-refractivity contribution is 0.112. The van der Waals surface area contributed by atoms with E-state index in [1.54, 1.807) is 16.9 Å². The van der Waals surface area contributed by atoms with E-state index in [-0.39, 0.29) is 0 Å². The molecule has 3 aromatic rings. The van der Waals surface area contributed by atoms with Gasteiger partial charge in [-0.2, -0.15) is 5.10 Å².